The van der Waals surface area contributed by atoms with Gasteiger partial charge in [0.2, 0.25) is 0 Å². The highest BCUT2D eigenvalue weighted by Crippen LogP contribution is 2.61. The van der Waals surface area contributed by atoms with E-state index in [4.69, 9.17) is 0 Å². The molecule has 186 valence electrons. The number of benzene rings is 2. The first-order valence-corrected chi connectivity index (χ1v) is 13.5. The molecule has 1 heterocycles. The maximum absolute atomic E-state index is 11.6. The van der Waals surface area contributed by atoms with Crippen LogP contribution in [0.2, 0.25) is 0 Å². The number of nitrogens with zero attached hydrogens (tertiary/aromatic N) is 1. The molecule has 4 saturated carbocycles. The van der Waals surface area contributed by atoms with E-state index in [1.165, 1.54) is 61.6 Å². The van der Waals surface area contributed by atoms with Crippen molar-refractivity contribution in [1.82, 2.24) is 9.97 Å². The van der Waals surface area contributed by atoms with E-state index in [0.717, 1.165) is 46.6 Å². The normalized spacial score (nSPS) is 27.2. The van der Waals surface area contributed by atoms with Crippen molar-refractivity contribution in [3.63, 3.8) is 0 Å². The van der Waals surface area contributed by atoms with Crippen molar-refractivity contribution in [2.45, 2.75) is 65.2 Å². The molecule has 0 saturated heterocycles. The molecule has 1 aromatic heterocycles. The van der Waals surface area contributed by atoms with Gasteiger partial charge in [-0.15, -0.1) is 0 Å². The molecule has 36 heavy (non-hydrogen) atoms. The molecule has 0 radical (unpaired) electrons. The Morgan fingerprint density at radius 1 is 1.03 bits per heavy atom. The Bertz CT molecular complexity index is 1280. The summed E-state index contributed by atoms with van der Waals surface area (Å²) in [5.41, 5.74) is 8.69. The summed E-state index contributed by atoms with van der Waals surface area (Å²) in [6, 6.07) is 14.2. The molecule has 3 aromatic rings. The number of hydrogen-bond donors (Lipinski definition) is 2. The Kier molecular flexibility index (Phi) is 5.86. The van der Waals surface area contributed by atoms with Crippen molar-refractivity contribution in [3.05, 3.63) is 88.5 Å². The number of aromatic amines is 1. The minimum atomic E-state index is -0.907. The molecule has 2 N–H and O–H groups in total. The Labute approximate surface area is 213 Å². The summed E-state index contributed by atoms with van der Waals surface area (Å²) >= 11 is 0. The minimum Gasteiger partial charge on any atom is -0.478 e. The number of aryl methyl sites for hydroxylation is 2. The summed E-state index contributed by atoms with van der Waals surface area (Å²) in [6.07, 6.45) is 14.9. The molecular weight excluding hydrogens is 444 g/mol. The van der Waals surface area contributed by atoms with Crippen LogP contribution in [0, 0.1) is 30.1 Å². The first-order valence-electron chi connectivity index (χ1n) is 13.5. The van der Waals surface area contributed by atoms with E-state index in [-0.39, 0.29) is 0 Å². The molecule has 0 spiro atoms. The fourth-order valence-electron chi connectivity index (χ4n) is 8.07. The first kappa shape index (κ1) is 23.3. The van der Waals surface area contributed by atoms with Gasteiger partial charge in [-0.3, -0.25) is 0 Å². The standard InChI is InChI=1S/C32H36N2O2/c1-20-6-7-22(8-9-32-15-23-10-24(16-32)12-25(11-23)17-32)13-28(20)30(29-18-33-19-34-29)21(2)26-4-3-5-27(14-26)31(35)36/h3-7,13-14,18-19,23-25H,8-12,15-17H2,1-2H3,(H,33,34)(H,35,36). The lowest BCUT2D eigenvalue weighted by Gasteiger charge is -2.57. The maximum Gasteiger partial charge on any atom is 0.335 e. The molecule has 2 aromatic carbocycles. The second-order valence-electron chi connectivity index (χ2n) is 11.9. The van der Waals surface area contributed by atoms with Gasteiger partial charge in [0.05, 0.1) is 23.8 Å². The van der Waals surface area contributed by atoms with E-state index in [0.29, 0.717) is 11.0 Å². The van der Waals surface area contributed by atoms with Gasteiger partial charge in [-0.1, -0.05) is 30.3 Å². The van der Waals surface area contributed by atoms with E-state index in [1.54, 1.807) is 18.5 Å². The van der Waals surface area contributed by atoms with E-state index in [2.05, 4.69) is 42.0 Å². The highest BCUT2D eigenvalue weighted by atomic mass is 16.4. The highest BCUT2D eigenvalue weighted by Gasteiger charge is 2.50. The van der Waals surface area contributed by atoms with Crippen LogP contribution in [0.5, 0.6) is 0 Å². The lowest BCUT2D eigenvalue weighted by atomic mass is 9.48. The number of imidazole rings is 1. The Hall–Kier alpha value is -3.14. The average molecular weight is 481 g/mol. The van der Waals surface area contributed by atoms with Crippen molar-refractivity contribution in [3.8, 4) is 0 Å². The number of aromatic nitrogens is 2. The Morgan fingerprint density at radius 3 is 2.36 bits per heavy atom. The number of allylic oxidation sites excluding steroid dienone is 1. The Morgan fingerprint density at radius 2 is 1.72 bits per heavy atom. The third kappa shape index (κ3) is 4.31. The third-order valence-corrected chi connectivity index (χ3v) is 9.37. The van der Waals surface area contributed by atoms with Crippen LogP contribution in [0.4, 0.5) is 0 Å². The molecule has 0 amide bonds. The number of aromatic carboxylic acids is 1. The molecule has 4 aliphatic rings. The molecule has 4 aliphatic carbocycles. The van der Waals surface area contributed by atoms with Crippen LogP contribution >= 0.6 is 0 Å². The van der Waals surface area contributed by atoms with Gasteiger partial charge in [-0.2, -0.15) is 0 Å². The fraction of sp³-hybridized carbons (Fsp3) is 0.438. The van der Waals surface area contributed by atoms with Gasteiger partial charge in [0.15, 0.2) is 0 Å². The van der Waals surface area contributed by atoms with Gasteiger partial charge in [0.1, 0.15) is 0 Å². The molecule has 4 heteroatoms. The van der Waals surface area contributed by atoms with Crippen LogP contribution in [0.15, 0.2) is 55.0 Å². The van der Waals surface area contributed by atoms with E-state index in [9.17, 15) is 9.90 Å². The monoisotopic (exact) mass is 480 g/mol. The summed E-state index contributed by atoms with van der Waals surface area (Å²) in [7, 11) is 0. The van der Waals surface area contributed by atoms with Gasteiger partial charge < -0.3 is 10.1 Å². The topological polar surface area (TPSA) is 66.0 Å². The van der Waals surface area contributed by atoms with E-state index in [1.807, 2.05) is 18.3 Å². The van der Waals surface area contributed by atoms with Crippen LogP contribution in [0.1, 0.15) is 90.2 Å². The summed E-state index contributed by atoms with van der Waals surface area (Å²) in [4.78, 5) is 19.2. The third-order valence-electron chi connectivity index (χ3n) is 9.37. The first-order chi connectivity index (χ1) is 17.4. The van der Waals surface area contributed by atoms with Gasteiger partial charge >= 0.3 is 5.97 Å². The Balaban J connectivity index is 1.34. The molecule has 4 nitrogen and oxygen atoms in total. The number of rotatable bonds is 7. The van der Waals surface area contributed by atoms with Crippen LogP contribution in [0.3, 0.4) is 0 Å². The predicted octanol–water partition coefficient (Wildman–Crippen LogP) is 7.54. The van der Waals surface area contributed by atoms with E-state index < -0.39 is 5.97 Å². The molecule has 4 bridgehead atoms. The van der Waals surface area contributed by atoms with Crippen LogP contribution < -0.4 is 0 Å². The van der Waals surface area contributed by atoms with Crippen molar-refractivity contribution in [2.24, 2.45) is 23.2 Å². The zero-order valence-corrected chi connectivity index (χ0v) is 21.4. The zero-order chi connectivity index (χ0) is 24.9. The summed E-state index contributed by atoms with van der Waals surface area (Å²) in [5.74, 6) is 2.06. The van der Waals surface area contributed by atoms with Crippen LogP contribution in [0.25, 0.3) is 11.1 Å². The highest BCUT2D eigenvalue weighted by molar-refractivity contribution is 5.98. The quantitative estimate of drug-likeness (QED) is 0.343. The average Bonchev–Trinajstić information content (AvgIpc) is 3.38. The summed E-state index contributed by atoms with van der Waals surface area (Å²) in [6.45, 7) is 4.24. The van der Waals surface area contributed by atoms with Gasteiger partial charge in [-0.25, -0.2) is 9.78 Å². The van der Waals surface area contributed by atoms with Crippen LogP contribution in [-0.4, -0.2) is 21.0 Å². The molecule has 0 atom stereocenters. The number of nitrogens with one attached hydrogen (secondary N) is 1. The number of hydrogen-bond acceptors (Lipinski definition) is 2. The van der Waals surface area contributed by atoms with Crippen molar-refractivity contribution in [2.75, 3.05) is 0 Å². The number of carbonyl (C=O) groups is 1. The fourth-order valence-corrected chi connectivity index (χ4v) is 8.07. The zero-order valence-electron chi connectivity index (χ0n) is 21.4. The lowest BCUT2D eigenvalue weighted by molar-refractivity contribution is -0.0569. The lowest BCUT2D eigenvalue weighted by Crippen LogP contribution is -2.46. The number of carboxylic acid groups (broad SMARTS) is 1. The SMILES string of the molecule is CC(=C(c1cnc[nH]1)c1cc(CCC23CC4CC(CC(C4)C2)C3)ccc1C)c1cccc(C(=O)O)c1. The smallest absolute Gasteiger partial charge is 0.335 e. The van der Waals surface area contributed by atoms with Crippen molar-refractivity contribution in [1.29, 1.82) is 0 Å². The maximum atomic E-state index is 11.6. The second-order valence-corrected chi connectivity index (χ2v) is 11.9. The molecule has 7 rings (SSSR count). The molecule has 4 fully saturated rings. The van der Waals surface area contributed by atoms with Crippen molar-refractivity contribution >= 4 is 17.1 Å². The molecular formula is C32H36N2O2. The largest absolute Gasteiger partial charge is 0.478 e. The number of H-pyrrole nitrogens is 1. The van der Waals surface area contributed by atoms with Gasteiger partial charge in [-0.05, 0) is 128 Å². The summed E-state index contributed by atoms with van der Waals surface area (Å²) < 4.78 is 0. The second kappa shape index (κ2) is 9.06. The summed E-state index contributed by atoms with van der Waals surface area (Å²) in [5, 5.41) is 9.53. The van der Waals surface area contributed by atoms with Gasteiger partial charge in [0.25, 0.3) is 0 Å². The predicted molar refractivity (Wildman–Crippen MR) is 144 cm³/mol. The van der Waals surface area contributed by atoms with Gasteiger partial charge in [0, 0.05) is 5.57 Å². The molecule has 0 unspecified atom stereocenters. The molecule has 0 aliphatic heterocycles. The van der Waals surface area contributed by atoms with Crippen LogP contribution in [-0.2, 0) is 6.42 Å². The van der Waals surface area contributed by atoms with E-state index >= 15 is 0 Å². The number of carboxylic acids is 1. The van der Waals surface area contributed by atoms with Crippen molar-refractivity contribution < 1.29 is 9.90 Å². The minimum absolute atomic E-state index is 0.303.